The quantitative estimate of drug-likeness (QED) is 0.425. The number of fused-ring (bicyclic) bond motifs is 1. The molecule has 2 aromatic rings. The van der Waals surface area contributed by atoms with Crippen LogP contribution >= 0.6 is 0 Å². The molecule has 0 aliphatic carbocycles. The van der Waals surface area contributed by atoms with E-state index in [1.54, 1.807) is 12.1 Å². The third kappa shape index (κ3) is 5.52. The molecule has 1 amide bonds. The molecule has 0 saturated carbocycles. The predicted molar refractivity (Wildman–Crippen MR) is 105 cm³/mol. The zero-order valence-corrected chi connectivity index (χ0v) is 15.2. The first-order valence-electron chi connectivity index (χ1n) is 9.16. The summed E-state index contributed by atoms with van der Waals surface area (Å²) in [5.41, 5.74) is 3.60. The summed E-state index contributed by atoms with van der Waals surface area (Å²) >= 11 is 0. The first-order valence-corrected chi connectivity index (χ1v) is 9.16. The normalized spacial score (nSPS) is 13.6. The minimum Gasteiger partial charge on any atom is -0.385 e. The number of amides is 1. The topological polar surface area (TPSA) is 87.5 Å². The number of nitro groups is 1. The molecule has 7 nitrogen and oxygen atoms in total. The zero-order valence-electron chi connectivity index (χ0n) is 15.2. The number of hydrogen-bond donors (Lipinski definition) is 2. The molecule has 0 atom stereocenters. The molecule has 3 rings (SSSR count). The maximum atomic E-state index is 12.1. The van der Waals surface area contributed by atoms with E-state index in [-0.39, 0.29) is 11.6 Å². The van der Waals surface area contributed by atoms with Crippen molar-refractivity contribution in [3.63, 3.8) is 0 Å². The van der Waals surface area contributed by atoms with Crippen LogP contribution in [0.4, 0.5) is 11.4 Å². The lowest BCUT2D eigenvalue weighted by Crippen LogP contribution is -2.40. The summed E-state index contributed by atoms with van der Waals surface area (Å²) in [6.07, 6.45) is 1.77. The summed E-state index contributed by atoms with van der Waals surface area (Å²) in [4.78, 5) is 24.5. The Morgan fingerprint density at radius 2 is 1.81 bits per heavy atom. The molecule has 0 radical (unpaired) electrons. The van der Waals surface area contributed by atoms with Gasteiger partial charge in [0.1, 0.15) is 0 Å². The zero-order chi connectivity index (χ0) is 19.1. The van der Waals surface area contributed by atoms with Crippen molar-refractivity contribution in [1.82, 2.24) is 10.2 Å². The maximum Gasteiger partial charge on any atom is 0.269 e. The van der Waals surface area contributed by atoms with Crippen LogP contribution < -0.4 is 10.6 Å². The molecule has 0 unspecified atom stereocenters. The number of nitrogens with one attached hydrogen (secondary N) is 2. The second kappa shape index (κ2) is 9.14. The lowest BCUT2D eigenvalue weighted by Gasteiger charge is -2.28. The fraction of sp³-hybridized carbons (Fsp3) is 0.350. The van der Waals surface area contributed by atoms with Gasteiger partial charge in [-0.1, -0.05) is 24.3 Å². The third-order valence-corrected chi connectivity index (χ3v) is 4.66. The van der Waals surface area contributed by atoms with Crippen LogP contribution in [0.5, 0.6) is 0 Å². The van der Waals surface area contributed by atoms with Gasteiger partial charge in [-0.3, -0.25) is 19.8 Å². The molecule has 2 N–H and O–H groups in total. The number of hydrogen-bond acceptors (Lipinski definition) is 5. The maximum absolute atomic E-state index is 12.1. The van der Waals surface area contributed by atoms with Gasteiger partial charge in [-0.05, 0) is 36.1 Å². The van der Waals surface area contributed by atoms with Crippen LogP contribution in [-0.4, -0.2) is 41.9 Å². The first kappa shape index (κ1) is 18.8. The minimum atomic E-state index is -0.416. The highest BCUT2D eigenvalue weighted by molar-refractivity contribution is 5.78. The SMILES string of the molecule is O=C(CN1CCc2ccccc2C1)NCCCNc1ccc([N+](=O)[O-])cc1. The summed E-state index contributed by atoms with van der Waals surface area (Å²) in [6.45, 7) is 3.44. The van der Waals surface area contributed by atoms with Crippen LogP contribution in [0.15, 0.2) is 48.5 Å². The minimum absolute atomic E-state index is 0.0460. The van der Waals surface area contributed by atoms with E-state index in [0.717, 1.165) is 31.6 Å². The van der Waals surface area contributed by atoms with Crippen molar-refractivity contribution in [3.05, 3.63) is 69.8 Å². The number of carbonyl (C=O) groups excluding carboxylic acids is 1. The number of nitro benzene ring substituents is 1. The molecule has 7 heteroatoms. The Balaban J connectivity index is 1.31. The van der Waals surface area contributed by atoms with E-state index < -0.39 is 4.92 Å². The van der Waals surface area contributed by atoms with E-state index in [9.17, 15) is 14.9 Å². The Bertz CT molecular complexity index is 792. The average Bonchev–Trinajstić information content (AvgIpc) is 2.68. The van der Waals surface area contributed by atoms with Gasteiger partial charge in [-0.2, -0.15) is 0 Å². The van der Waals surface area contributed by atoms with Gasteiger partial charge < -0.3 is 10.6 Å². The molecule has 1 heterocycles. The highest BCUT2D eigenvalue weighted by Gasteiger charge is 2.17. The number of nitrogens with zero attached hydrogens (tertiary/aromatic N) is 2. The molecular weight excluding hydrogens is 344 g/mol. The molecule has 27 heavy (non-hydrogen) atoms. The molecule has 1 aliphatic rings. The Labute approximate surface area is 158 Å². The van der Waals surface area contributed by atoms with E-state index in [0.29, 0.717) is 19.6 Å². The van der Waals surface area contributed by atoms with Gasteiger partial charge in [0.25, 0.3) is 5.69 Å². The summed E-state index contributed by atoms with van der Waals surface area (Å²) in [7, 11) is 0. The van der Waals surface area contributed by atoms with Crippen LogP contribution in [0.2, 0.25) is 0 Å². The largest absolute Gasteiger partial charge is 0.385 e. The van der Waals surface area contributed by atoms with Crippen molar-refractivity contribution in [3.8, 4) is 0 Å². The number of carbonyl (C=O) groups is 1. The molecule has 1 aliphatic heterocycles. The van der Waals surface area contributed by atoms with Crippen LogP contribution in [-0.2, 0) is 17.8 Å². The first-order chi connectivity index (χ1) is 13.1. The van der Waals surface area contributed by atoms with Gasteiger partial charge >= 0.3 is 0 Å². The fourth-order valence-electron chi connectivity index (χ4n) is 3.20. The van der Waals surface area contributed by atoms with E-state index in [2.05, 4.69) is 33.7 Å². The van der Waals surface area contributed by atoms with Gasteiger partial charge in [-0.15, -0.1) is 0 Å². The Kier molecular flexibility index (Phi) is 6.38. The van der Waals surface area contributed by atoms with Gasteiger partial charge in [-0.25, -0.2) is 0 Å². The second-order valence-electron chi connectivity index (χ2n) is 6.66. The number of non-ortho nitro benzene ring substituents is 1. The molecule has 0 saturated heterocycles. The van der Waals surface area contributed by atoms with Gasteiger partial charge in [0, 0.05) is 44.0 Å². The monoisotopic (exact) mass is 368 g/mol. The van der Waals surface area contributed by atoms with E-state index in [1.165, 1.54) is 23.3 Å². The molecule has 0 fully saturated rings. The smallest absolute Gasteiger partial charge is 0.269 e. The number of anilines is 1. The third-order valence-electron chi connectivity index (χ3n) is 4.66. The standard InChI is InChI=1S/C20H24N4O3/c25-20(15-23-13-10-16-4-1-2-5-17(16)14-23)22-12-3-11-21-18-6-8-19(9-7-18)24(26)27/h1-2,4-9,21H,3,10-15H2,(H,22,25). The van der Waals surface area contributed by atoms with Crippen molar-refractivity contribution in [2.75, 3.05) is 31.5 Å². The van der Waals surface area contributed by atoms with Crippen molar-refractivity contribution >= 4 is 17.3 Å². The molecular formula is C20H24N4O3. The fourth-order valence-corrected chi connectivity index (χ4v) is 3.20. The van der Waals surface area contributed by atoms with Crippen molar-refractivity contribution < 1.29 is 9.72 Å². The Morgan fingerprint density at radius 1 is 1.07 bits per heavy atom. The van der Waals surface area contributed by atoms with Crippen molar-refractivity contribution in [2.45, 2.75) is 19.4 Å². The highest BCUT2D eigenvalue weighted by Crippen LogP contribution is 2.18. The Morgan fingerprint density at radius 3 is 2.56 bits per heavy atom. The lowest BCUT2D eigenvalue weighted by atomic mass is 10.00. The van der Waals surface area contributed by atoms with Crippen LogP contribution in [0, 0.1) is 10.1 Å². The Hall–Kier alpha value is -2.93. The second-order valence-corrected chi connectivity index (χ2v) is 6.66. The number of benzene rings is 2. The summed E-state index contributed by atoms with van der Waals surface area (Å²) in [5.74, 6) is 0.0460. The average molecular weight is 368 g/mol. The summed E-state index contributed by atoms with van der Waals surface area (Å²) < 4.78 is 0. The van der Waals surface area contributed by atoms with E-state index in [4.69, 9.17) is 0 Å². The van der Waals surface area contributed by atoms with Gasteiger partial charge in [0.2, 0.25) is 5.91 Å². The number of rotatable bonds is 8. The van der Waals surface area contributed by atoms with Gasteiger partial charge in [0.05, 0.1) is 11.5 Å². The van der Waals surface area contributed by atoms with Crippen molar-refractivity contribution in [1.29, 1.82) is 0 Å². The van der Waals surface area contributed by atoms with Gasteiger partial charge in [0.15, 0.2) is 0 Å². The molecule has 2 aromatic carbocycles. The van der Waals surface area contributed by atoms with Crippen LogP contribution in [0.3, 0.4) is 0 Å². The molecule has 0 bridgehead atoms. The molecule has 0 aromatic heterocycles. The van der Waals surface area contributed by atoms with Crippen LogP contribution in [0.1, 0.15) is 17.5 Å². The lowest BCUT2D eigenvalue weighted by molar-refractivity contribution is -0.384. The molecule has 0 spiro atoms. The highest BCUT2D eigenvalue weighted by atomic mass is 16.6. The summed E-state index contributed by atoms with van der Waals surface area (Å²) in [5, 5.41) is 16.8. The van der Waals surface area contributed by atoms with E-state index in [1.807, 2.05) is 6.07 Å². The van der Waals surface area contributed by atoms with E-state index >= 15 is 0 Å². The van der Waals surface area contributed by atoms with Crippen molar-refractivity contribution in [2.24, 2.45) is 0 Å². The molecule has 142 valence electrons. The summed E-state index contributed by atoms with van der Waals surface area (Å²) in [6, 6.07) is 14.7. The predicted octanol–water partition coefficient (Wildman–Crippen LogP) is 2.57. The van der Waals surface area contributed by atoms with Crippen LogP contribution in [0.25, 0.3) is 0 Å².